The van der Waals surface area contributed by atoms with Crippen LogP contribution in [0.25, 0.3) is 0 Å². The molecule has 0 aromatic heterocycles. The Labute approximate surface area is 72.6 Å². The van der Waals surface area contributed by atoms with Gasteiger partial charge in [-0.2, -0.15) is 0 Å². The van der Waals surface area contributed by atoms with Gasteiger partial charge in [0.1, 0.15) is 5.69 Å². The Bertz CT molecular complexity index is 253. The molecule has 1 unspecified atom stereocenters. The maximum Gasteiger partial charge on any atom is 0.108 e. The molecule has 0 aliphatic carbocycles. The Balaban J connectivity index is 2.84. The molecule has 2 nitrogen and oxygen atoms in total. The van der Waals surface area contributed by atoms with E-state index in [1.165, 1.54) is 5.56 Å². The van der Waals surface area contributed by atoms with Crippen LogP contribution in [0.2, 0.25) is 0 Å². The van der Waals surface area contributed by atoms with Gasteiger partial charge in [0, 0.05) is 0 Å². The first-order valence-electron chi connectivity index (χ1n) is 4.21. The largest absolute Gasteiger partial charge is 0.145 e. The number of nitroso groups, excluding NO2 is 1. The van der Waals surface area contributed by atoms with Crippen LogP contribution in [0.1, 0.15) is 31.7 Å². The SMILES string of the molecule is CCC(C)c1ccc(N=O)cc1. The molecule has 0 saturated carbocycles. The number of hydrogen-bond donors (Lipinski definition) is 0. The van der Waals surface area contributed by atoms with E-state index in [9.17, 15) is 4.91 Å². The van der Waals surface area contributed by atoms with Crippen molar-refractivity contribution in [1.29, 1.82) is 0 Å². The van der Waals surface area contributed by atoms with Crippen molar-refractivity contribution in [1.82, 2.24) is 0 Å². The van der Waals surface area contributed by atoms with Crippen molar-refractivity contribution in [2.24, 2.45) is 5.18 Å². The fourth-order valence-corrected chi connectivity index (χ4v) is 1.10. The van der Waals surface area contributed by atoms with Crippen LogP contribution >= 0.6 is 0 Å². The summed E-state index contributed by atoms with van der Waals surface area (Å²) < 4.78 is 0. The summed E-state index contributed by atoms with van der Waals surface area (Å²) in [7, 11) is 0. The highest BCUT2D eigenvalue weighted by molar-refractivity contribution is 5.39. The highest BCUT2D eigenvalue weighted by Crippen LogP contribution is 2.21. The topological polar surface area (TPSA) is 29.4 Å². The molecule has 1 rings (SSSR count). The van der Waals surface area contributed by atoms with Gasteiger partial charge in [0.25, 0.3) is 0 Å². The molecular weight excluding hydrogens is 150 g/mol. The van der Waals surface area contributed by atoms with E-state index in [1.807, 2.05) is 12.1 Å². The van der Waals surface area contributed by atoms with Crippen molar-refractivity contribution in [3.05, 3.63) is 34.7 Å². The van der Waals surface area contributed by atoms with Crippen molar-refractivity contribution >= 4 is 5.69 Å². The maximum atomic E-state index is 10.1. The molecule has 0 N–H and O–H groups in total. The number of benzene rings is 1. The van der Waals surface area contributed by atoms with Crippen LogP contribution < -0.4 is 0 Å². The number of hydrogen-bond acceptors (Lipinski definition) is 2. The molecular formula is C10H13NO. The second-order valence-electron chi connectivity index (χ2n) is 2.99. The third-order valence-corrected chi connectivity index (χ3v) is 2.18. The second kappa shape index (κ2) is 4.00. The normalized spacial score (nSPS) is 12.5. The second-order valence-corrected chi connectivity index (χ2v) is 2.99. The summed E-state index contributed by atoms with van der Waals surface area (Å²) in [6.45, 7) is 4.32. The van der Waals surface area contributed by atoms with Crippen LogP contribution in [0, 0.1) is 4.91 Å². The van der Waals surface area contributed by atoms with E-state index in [1.54, 1.807) is 12.1 Å². The Hall–Kier alpha value is -1.18. The number of nitrogens with zero attached hydrogens (tertiary/aromatic N) is 1. The van der Waals surface area contributed by atoms with Crippen LogP contribution in [0.15, 0.2) is 29.4 Å². The molecule has 12 heavy (non-hydrogen) atoms. The van der Waals surface area contributed by atoms with Gasteiger partial charge >= 0.3 is 0 Å². The fraction of sp³-hybridized carbons (Fsp3) is 0.400. The van der Waals surface area contributed by atoms with Gasteiger partial charge in [-0.15, -0.1) is 4.91 Å². The zero-order valence-electron chi connectivity index (χ0n) is 7.45. The lowest BCUT2D eigenvalue weighted by Crippen LogP contribution is -1.89. The quantitative estimate of drug-likeness (QED) is 0.626. The summed E-state index contributed by atoms with van der Waals surface area (Å²) in [6.07, 6.45) is 1.12. The molecule has 1 atom stereocenters. The lowest BCUT2D eigenvalue weighted by atomic mass is 9.99. The van der Waals surface area contributed by atoms with Crippen molar-refractivity contribution in [2.45, 2.75) is 26.2 Å². The Kier molecular flexibility index (Phi) is 2.97. The average Bonchev–Trinajstić information content (AvgIpc) is 2.17. The summed E-state index contributed by atoms with van der Waals surface area (Å²) in [5, 5.41) is 2.85. The molecule has 1 aromatic carbocycles. The lowest BCUT2D eigenvalue weighted by Gasteiger charge is -2.07. The van der Waals surface area contributed by atoms with Crippen LogP contribution in [0.5, 0.6) is 0 Å². The summed E-state index contributed by atoms with van der Waals surface area (Å²) in [5.41, 5.74) is 1.77. The first kappa shape index (κ1) is 8.91. The van der Waals surface area contributed by atoms with E-state index in [0.717, 1.165) is 6.42 Å². The first-order valence-corrected chi connectivity index (χ1v) is 4.21. The molecule has 2 heteroatoms. The van der Waals surface area contributed by atoms with E-state index in [0.29, 0.717) is 11.6 Å². The molecule has 0 aliphatic heterocycles. The molecule has 64 valence electrons. The minimum atomic E-state index is 0.502. The third kappa shape index (κ3) is 1.91. The minimum Gasteiger partial charge on any atom is -0.145 e. The summed E-state index contributed by atoms with van der Waals surface area (Å²) >= 11 is 0. The Morgan fingerprint density at radius 3 is 2.33 bits per heavy atom. The van der Waals surface area contributed by atoms with Crippen LogP contribution in [0.3, 0.4) is 0 Å². The smallest absolute Gasteiger partial charge is 0.108 e. The van der Waals surface area contributed by atoms with Crippen LogP contribution in [0.4, 0.5) is 5.69 Å². The zero-order chi connectivity index (χ0) is 8.97. The van der Waals surface area contributed by atoms with Gasteiger partial charge in [-0.25, -0.2) is 0 Å². The Morgan fingerprint density at radius 1 is 1.33 bits per heavy atom. The molecule has 0 spiro atoms. The number of rotatable bonds is 3. The van der Waals surface area contributed by atoms with Gasteiger partial charge in [0.15, 0.2) is 0 Å². The van der Waals surface area contributed by atoms with Gasteiger partial charge < -0.3 is 0 Å². The highest BCUT2D eigenvalue weighted by atomic mass is 16.3. The first-order chi connectivity index (χ1) is 5.77. The summed E-state index contributed by atoms with van der Waals surface area (Å²) in [4.78, 5) is 10.1. The Morgan fingerprint density at radius 2 is 1.92 bits per heavy atom. The predicted octanol–water partition coefficient (Wildman–Crippen LogP) is 3.60. The highest BCUT2D eigenvalue weighted by Gasteiger charge is 2.01. The van der Waals surface area contributed by atoms with E-state index in [-0.39, 0.29) is 0 Å². The maximum absolute atomic E-state index is 10.1. The summed E-state index contributed by atoms with van der Waals surface area (Å²) in [6, 6.07) is 7.44. The molecule has 0 fully saturated rings. The average molecular weight is 163 g/mol. The van der Waals surface area contributed by atoms with Gasteiger partial charge in [-0.1, -0.05) is 26.0 Å². The molecule has 1 aromatic rings. The molecule has 0 aliphatic rings. The van der Waals surface area contributed by atoms with Crippen molar-refractivity contribution in [3.63, 3.8) is 0 Å². The van der Waals surface area contributed by atoms with E-state index < -0.39 is 0 Å². The predicted molar refractivity (Wildman–Crippen MR) is 50.6 cm³/mol. The standard InChI is InChI=1S/C10H13NO/c1-3-8(2)9-4-6-10(11-12)7-5-9/h4-8H,3H2,1-2H3. The molecule has 0 amide bonds. The van der Waals surface area contributed by atoms with Gasteiger partial charge in [0.2, 0.25) is 0 Å². The molecule has 0 saturated heterocycles. The molecule has 0 heterocycles. The lowest BCUT2D eigenvalue weighted by molar-refractivity contribution is 0.734. The van der Waals surface area contributed by atoms with E-state index in [2.05, 4.69) is 19.0 Å². The third-order valence-electron chi connectivity index (χ3n) is 2.18. The van der Waals surface area contributed by atoms with Crippen LogP contribution in [-0.2, 0) is 0 Å². The minimum absolute atomic E-state index is 0.502. The van der Waals surface area contributed by atoms with Crippen LogP contribution in [-0.4, -0.2) is 0 Å². The van der Waals surface area contributed by atoms with Gasteiger partial charge in [0.05, 0.1) is 0 Å². The van der Waals surface area contributed by atoms with Gasteiger partial charge in [-0.3, -0.25) is 0 Å². The zero-order valence-corrected chi connectivity index (χ0v) is 7.45. The summed E-state index contributed by atoms with van der Waals surface area (Å²) in [5.74, 6) is 0.561. The van der Waals surface area contributed by atoms with Crippen molar-refractivity contribution in [2.75, 3.05) is 0 Å². The molecule has 0 radical (unpaired) electrons. The van der Waals surface area contributed by atoms with Crippen molar-refractivity contribution in [3.8, 4) is 0 Å². The van der Waals surface area contributed by atoms with E-state index in [4.69, 9.17) is 0 Å². The van der Waals surface area contributed by atoms with Crippen molar-refractivity contribution < 1.29 is 0 Å². The molecule has 0 bridgehead atoms. The fourth-order valence-electron chi connectivity index (χ4n) is 1.10. The van der Waals surface area contributed by atoms with Gasteiger partial charge in [-0.05, 0) is 35.2 Å². The monoisotopic (exact) mass is 163 g/mol. The van der Waals surface area contributed by atoms with E-state index >= 15 is 0 Å².